The van der Waals surface area contributed by atoms with Crippen LogP contribution in [0.25, 0.3) is 93.7 Å². The minimum absolute atomic E-state index is 1.00. The topological polar surface area (TPSA) is 25.8 Å². The molecule has 2 aromatic heterocycles. The van der Waals surface area contributed by atoms with Gasteiger partial charge in [0.1, 0.15) is 0 Å². The van der Waals surface area contributed by atoms with Gasteiger partial charge in [0.2, 0.25) is 0 Å². The monoisotopic (exact) mass is 636 g/mol. The number of fused-ring (bicyclic) bond motifs is 9. The van der Waals surface area contributed by atoms with Crippen LogP contribution in [0.1, 0.15) is 11.1 Å². The summed E-state index contributed by atoms with van der Waals surface area (Å²) in [7, 11) is 0. The van der Waals surface area contributed by atoms with Crippen LogP contribution in [0.3, 0.4) is 0 Å². The zero-order valence-electron chi connectivity index (χ0n) is 27.7. The maximum atomic E-state index is 5.44. The first kappa shape index (κ1) is 29.5. The highest BCUT2D eigenvalue weighted by Gasteiger charge is 2.17. The van der Waals surface area contributed by atoms with Crippen LogP contribution in [0.4, 0.5) is 0 Å². The molecule has 9 rings (SSSR count). The molecular formula is C48H32N2. The lowest BCUT2D eigenvalue weighted by molar-refractivity contribution is 1.36. The van der Waals surface area contributed by atoms with Gasteiger partial charge in [0.15, 0.2) is 0 Å². The van der Waals surface area contributed by atoms with Crippen molar-refractivity contribution in [3.63, 3.8) is 0 Å². The molecule has 0 unspecified atom stereocenters. The first-order chi connectivity index (χ1) is 24.7. The lowest BCUT2D eigenvalue weighted by Gasteiger charge is -2.15. The lowest BCUT2D eigenvalue weighted by atomic mass is 9.91. The fourth-order valence-corrected chi connectivity index (χ4v) is 7.55. The lowest BCUT2D eigenvalue weighted by Crippen LogP contribution is -1.93. The summed E-state index contributed by atoms with van der Waals surface area (Å²) in [5.41, 5.74) is 14.0. The van der Waals surface area contributed by atoms with E-state index in [1.54, 1.807) is 0 Å². The number of aromatic nitrogens is 2. The second-order valence-electron chi connectivity index (χ2n) is 12.7. The zero-order valence-corrected chi connectivity index (χ0v) is 27.7. The third-order valence-corrected chi connectivity index (χ3v) is 9.93. The highest BCUT2D eigenvalue weighted by molar-refractivity contribution is 6.31. The van der Waals surface area contributed by atoms with Crippen LogP contribution in [0.2, 0.25) is 0 Å². The molecule has 234 valence electrons. The Morgan fingerprint density at radius 2 is 1.12 bits per heavy atom. The average Bonchev–Trinajstić information content (AvgIpc) is 3.18. The summed E-state index contributed by atoms with van der Waals surface area (Å²) in [5, 5.41) is 9.64. The molecule has 0 aliphatic rings. The van der Waals surface area contributed by atoms with Gasteiger partial charge in [0, 0.05) is 33.3 Å². The minimum atomic E-state index is 1.00. The summed E-state index contributed by atoms with van der Waals surface area (Å²) in [6.45, 7) is 5.85. The molecule has 0 N–H and O–H groups in total. The molecule has 0 saturated carbocycles. The van der Waals surface area contributed by atoms with Crippen molar-refractivity contribution in [1.29, 1.82) is 0 Å². The van der Waals surface area contributed by atoms with Gasteiger partial charge in [0.25, 0.3) is 0 Å². The molecule has 0 aliphatic carbocycles. The second kappa shape index (κ2) is 12.1. The largest absolute Gasteiger partial charge is 0.256 e. The van der Waals surface area contributed by atoms with Crippen molar-refractivity contribution >= 4 is 60.2 Å². The Labute approximate surface area is 291 Å². The van der Waals surface area contributed by atoms with E-state index in [1.807, 2.05) is 24.4 Å². The molecule has 0 spiro atoms. The van der Waals surface area contributed by atoms with E-state index in [9.17, 15) is 0 Å². The predicted molar refractivity (Wildman–Crippen MR) is 213 cm³/mol. The van der Waals surface area contributed by atoms with E-state index in [1.165, 1.54) is 43.4 Å². The van der Waals surface area contributed by atoms with Crippen LogP contribution in [0.5, 0.6) is 0 Å². The third kappa shape index (κ3) is 4.82. The number of hydrogen-bond donors (Lipinski definition) is 0. The number of nitrogens with zero attached hydrogens (tertiary/aromatic N) is 2. The van der Waals surface area contributed by atoms with E-state index < -0.39 is 0 Å². The van der Waals surface area contributed by atoms with Gasteiger partial charge < -0.3 is 0 Å². The fourth-order valence-electron chi connectivity index (χ4n) is 7.55. The maximum Gasteiger partial charge on any atom is 0.0800 e. The van der Waals surface area contributed by atoms with Gasteiger partial charge in [0.05, 0.1) is 16.7 Å². The molecule has 2 heteroatoms. The summed E-state index contributed by atoms with van der Waals surface area (Å²) in [4.78, 5) is 10.1. The van der Waals surface area contributed by atoms with E-state index in [0.29, 0.717) is 0 Å². The van der Waals surface area contributed by atoms with Gasteiger partial charge >= 0.3 is 0 Å². The summed E-state index contributed by atoms with van der Waals surface area (Å²) >= 11 is 0. The molecule has 0 saturated heterocycles. The van der Waals surface area contributed by atoms with Crippen molar-refractivity contribution in [2.45, 2.75) is 6.92 Å². The van der Waals surface area contributed by atoms with Gasteiger partial charge in [-0.05, 0) is 80.1 Å². The molecule has 0 atom stereocenters. The molecule has 7 aromatic carbocycles. The van der Waals surface area contributed by atoms with E-state index in [2.05, 4.69) is 164 Å². The molecule has 0 aliphatic heterocycles. The molecule has 2 heterocycles. The Hall–Kier alpha value is -6.60. The van der Waals surface area contributed by atoms with Crippen molar-refractivity contribution in [2.75, 3.05) is 0 Å². The second-order valence-corrected chi connectivity index (χ2v) is 12.7. The van der Waals surface area contributed by atoms with Gasteiger partial charge in [-0.3, -0.25) is 4.98 Å². The van der Waals surface area contributed by atoms with Crippen LogP contribution < -0.4 is 0 Å². The molecule has 0 amide bonds. The van der Waals surface area contributed by atoms with Gasteiger partial charge in [-0.15, -0.1) is 5.73 Å². The average molecular weight is 637 g/mol. The highest BCUT2D eigenvalue weighted by Crippen LogP contribution is 2.41. The molecule has 0 bridgehead atoms. The van der Waals surface area contributed by atoms with E-state index in [0.717, 1.165) is 55.3 Å². The number of pyridine rings is 2. The first-order valence-corrected chi connectivity index (χ1v) is 16.9. The Balaban J connectivity index is 1.13. The quantitative estimate of drug-likeness (QED) is 0.107. The first-order valence-electron chi connectivity index (χ1n) is 16.9. The van der Waals surface area contributed by atoms with E-state index in [4.69, 9.17) is 4.98 Å². The SMILES string of the molecule is C=C=C/C=C\c1c(-c2ccc(-c3ccc(-c4nc5c6ccccc6c6ccccc6c5c5ccccc45)cc3)cc2)cc2cccnc2c1C. The molecule has 0 radical (unpaired) electrons. The third-order valence-electron chi connectivity index (χ3n) is 9.93. The Kier molecular flexibility index (Phi) is 7.16. The predicted octanol–water partition coefficient (Wildman–Crippen LogP) is 12.9. The number of hydrogen-bond acceptors (Lipinski definition) is 2. The van der Waals surface area contributed by atoms with E-state index >= 15 is 0 Å². The molecule has 0 fully saturated rings. The Morgan fingerprint density at radius 3 is 1.80 bits per heavy atom. The Morgan fingerprint density at radius 1 is 0.560 bits per heavy atom. The van der Waals surface area contributed by atoms with Gasteiger partial charge in [-0.1, -0.05) is 146 Å². The van der Waals surface area contributed by atoms with Gasteiger partial charge in [-0.25, -0.2) is 4.98 Å². The van der Waals surface area contributed by atoms with Crippen LogP contribution in [0, 0.1) is 6.92 Å². The van der Waals surface area contributed by atoms with Crippen molar-refractivity contribution in [3.05, 3.63) is 181 Å². The molecule has 50 heavy (non-hydrogen) atoms. The number of aryl methyl sites for hydroxylation is 1. The molecule has 2 nitrogen and oxygen atoms in total. The van der Waals surface area contributed by atoms with Gasteiger partial charge in [-0.2, -0.15) is 0 Å². The number of allylic oxidation sites excluding steroid dienone is 2. The fraction of sp³-hybridized carbons (Fsp3) is 0.0208. The minimum Gasteiger partial charge on any atom is -0.256 e. The van der Waals surface area contributed by atoms with Crippen molar-refractivity contribution in [3.8, 4) is 33.5 Å². The van der Waals surface area contributed by atoms with Crippen molar-refractivity contribution in [2.24, 2.45) is 0 Å². The van der Waals surface area contributed by atoms with Crippen LogP contribution in [-0.2, 0) is 0 Å². The normalized spacial score (nSPS) is 11.6. The summed E-state index contributed by atoms with van der Waals surface area (Å²) in [6.07, 6.45) is 7.80. The maximum absolute atomic E-state index is 5.44. The van der Waals surface area contributed by atoms with Crippen LogP contribution >= 0.6 is 0 Å². The highest BCUT2D eigenvalue weighted by atomic mass is 14.7. The van der Waals surface area contributed by atoms with E-state index in [-0.39, 0.29) is 0 Å². The summed E-state index contributed by atoms with van der Waals surface area (Å²) < 4.78 is 0. The van der Waals surface area contributed by atoms with Crippen molar-refractivity contribution in [1.82, 2.24) is 9.97 Å². The number of benzene rings is 7. The summed E-state index contributed by atoms with van der Waals surface area (Å²) in [5.74, 6) is 0. The molecule has 9 aromatic rings. The Bertz CT molecular complexity index is 2850. The molecular weight excluding hydrogens is 605 g/mol. The zero-order chi connectivity index (χ0) is 33.6. The number of rotatable bonds is 5. The summed E-state index contributed by atoms with van der Waals surface area (Å²) in [6, 6.07) is 50.1. The smallest absolute Gasteiger partial charge is 0.0800 e. The van der Waals surface area contributed by atoms with Crippen molar-refractivity contribution < 1.29 is 0 Å². The van der Waals surface area contributed by atoms with Crippen LogP contribution in [-0.4, -0.2) is 9.97 Å². The van der Waals surface area contributed by atoms with Crippen LogP contribution in [0.15, 0.2) is 170 Å². The standard InChI is InChI=1S/C48H32N2/c1-3-4-5-14-37-31(2)46-36(13-12-29-49-46)30-44(37)34-25-21-32(22-26-34)33-23-27-35(28-24-33)47-43-20-11-9-18-41(43)45-40-17-8-6-15-38(40)39-16-7-10-19-42(39)48(45)50-47/h4-30H,1H2,2H3/b14-5-.